The molecule has 1 unspecified atom stereocenters. The number of hydrogen-bond donors (Lipinski definition) is 2. The summed E-state index contributed by atoms with van der Waals surface area (Å²) < 4.78 is 27.2. The molecule has 0 amide bonds. The molecule has 1 aromatic rings. The Balaban J connectivity index is 2.15. The van der Waals surface area contributed by atoms with E-state index in [-0.39, 0.29) is 16.6 Å². The molecule has 0 heterocycles. The van der Waals surface area contributed by atoms with Crippen LogP contribution in [0, 0.1) is 5.92 Å². The molecule has 2 rings (SSSR count). The van der Waals surface area contributed by atoms with Crippen LogP contribution < -0.4 is 10.5 Å². The largest absolute Gasteiger partial charge is 0.397 e. The average molecular weight is 303 g/mol. The fraction of sp³-hybridized carbons (Fsp3) is 0.538. The van der Waals surface area contributed by atoms with E-state index < -0.39 is 10.0 Å². The smallest absolute Gasteiger partial charge is 0.240 e. The van der Waals surface area contributed by atoms with Crippen LogP contribution in [0.4, 0.5) is 5.69 Å². The molecule has 1 atom stereocenters. The normalized spacial score (nSPS) is 18.6. The van der Waals surface area contributed by atoms with Crippen molar-refractivity contribution < 1.29 is 8.42 Å². The minimum atomic E-state index is -3.52. The first-order valence-electron chi connectivity index (χ1n) is 6.47. The van der Waals surface area contributed by atoms with Crippen molar-refractivity contribution in [3.63, 3.8) is 0 Å². The SMILES string of the molecule is CC(NS(=O)(=O)c1ccc(Cl)c(N)c1)C1CCCC1. The Morgan fingerprint density at radius 1 is 1.37 bits per heavy atom. The van der Waals surface area contributed by atoms with Crippen molar-refractivity contribution in [3.8, 4) is 0 Å². The number of hydrogen-bond acceptors (Lipinski definition) is 3. The second kappa shape index (κ2) is 5.69. The van der Waals surface area contributed by atoms with E-state index in [0.29, 0.717) is 10.9 Å². The predicted octanol–water partition coefficient (Wildman–Crippen LogP) is 2.78. The zero-order valence-corrected chi connectivity index (χ0v) is 12.5. The lowest BCUT2D eigenvalue weighted by molar-refractivity contribution is 0.424. The Morgan fingerprint density at radius 2 is 2.00 bits per heavy atom. The van der Waals surface area contributed by atoms with Gasteiger partial charge in [0.2, 0.25) is 10.0 Å². The first-order chi connectivity index (χ1) is 8.90. The molecule has 4 nitrogen and oxygen atoms in total. The Bertz CT molecular complexity index is 554. The third kappa shape index (κ3) is 3.41. The number of sulfonamides is 1. The van der Waals surface area contributed by atoms with Crippen molar-refractivity contribution in [1.82, 2.24) is 4.72 Å². The minimum Gasteiger partial charge on any atom is -0.397 e. The predicted molar refractivity (Wildman–Crippen MR) is 77.6 cm³/mol. The van der Waals surface area contributed by atoms with Gasteiger partial charge in [0.1, 0.15) is 0 Å². The van der Waals surface area contributed by atoms with Gasteiger partial charge in [0, 0.05) is 6.04 Å². The van der Waals surface area contributed by atoms with Gasteiger partial charge in [0.15, 0.2) is 0 Å². The van der Waals surface area contributed by atoms with Crippen LogP contribution in [-0.4, -0.2) is 14.5 Å². The van der Waals surface area contributed by atoms with Gasteiger partial charge in [-0.2, -0.15) is 0 Å². The highest BCUT2D eigenvalue weighted by Gasteiger charge is 2.26. The number of nitrogen functional groups attached to an aromatic ring is 1. The van der Waals surface area contributed by atoms with Gasteiger partial charge in [0.25, 0.3) is 0 Å². The minimum absolute atomic E-state index is 0.0515. The second-order valence-electron chi connectivity index (χ2n) is 5.14. The monoisotopic (exact) mass is 302 g/mol. The van der Waals surface area contributed by atoms with E-state index in [4.69, 9.17) is 17.3 Å². The summed E-state index contributed by atoms with van der Waals surface area (Å²) in [5, 5.41) is 0.364. The highest BCUT2D eigenvalue weighted by atomic mass is 35.5. The molecule has 0 radical (unpaired) electrons. The Hall–Kier alpha value is -0.780. The first kappa shape index (κ1) is 14.6. The van der Waals surface area contributed by atoms with Crippen LogP contribution in [0.5, 0.6) is 0 Å². The van der Waals surface area contributed by atoms with Crippen LogP contribution in [-0.2, 0) is 10.0 Å². The summed E-state index contributed by atoms with van der Waals surface area (Å²) >= 11 is 5.80. The first-order valence-corrected chi connectivity index (χ1v) is 8.33. The van der Waals surface area contributed by atoms with E-state index in [9.17, 15) is 8.42 Å². The van der Waals surface area contributed by atoms with Gasteiger partial charge in [-0.3, -0.25) is 0 Å². The van der Waals surface area contributed by atoms with Gasteiger partial charge in [-0.25, -0.2) is 13.1 Å². The van der Waals surface area contributed by atoms with Crippen LogP contribution in [0.1, 0.15) is 32.6 Å². The summed E-state index contributed by atoms with van der Waals surface area (Å²) in [5.74, 6) is 0.430. The summed E-state index contributed by atoms with van der Waals surface area (Å²) in [6.07, 6.45) is 4.55. The quantitative estimate of drug-likeness (QED) is 0.840. The molecule has 106 valence electrons. The molecule has 19 heavy (non-hydrogen) atoms. The molecule has 6 heteroatoms. The van der Waals surface area contributed by atoms with E-state index in [0.717, 1.165) is 12.8 Å². The van der Waals surface area contributed by atoms with Crippen molar-refractivity contribution in [1.29, 1.82) is 0 Å². The van der Waals surface area contributed by atoms with Gasteiger partial charge in [-0.05, 0) is 43.9 Å². The van der Waals surface area contributed by atoms with Crippen molar-refractivity contribution >= 4 is 27.3 Å². The maximum absolute atomic E-state index is 12.3. The van der Waals surface area contributed by atoms with Crippen molar-refractivity contribution in [2.24, 2.45) is 5.92 Å². The summed E-state index contributed by atoms with van der Waals surface area (Å²) in [4.78, 5) is 0.166. The highest BCUT2D eigenvalue weighted by molar-refractivity contribution is 7.89. The third-order valence-corrected chi connectivity index (χ3v) is 5.63. The van der Waals surface area contributed by atoms with Gasteiger partial charge in [0.05, 0.1) is 15.6 Å². The lowest BCUT2D eigenvalue weighted by Gasteiger charge is -2.20. The Labute approximate surface area is 119 Å². The topological polar surface area (TPSA) is 72.2 Å². The van der Waals surface area contributed by atoms with Crippen LogP contribution in [0.2, 0.25) is 5.02 Å². The van der Waals surface area contributed by atoms with Gasteiger partial charge in [-0.15, -0.1) is 0 Å². The van der Waals surface area contributed by atoms with Crippen molar-refractivity contribution in [2.45, 2.75) is 43.5 Å². The lowest BCUT2D eigenvalue weighted by atomic mass is 10.0. The van der Waals surface area contributed by atoms with Gasteiger partial charge in [-0.1, -0.05) is 24.4 Å². The van der Waals surface area contributed by atoms with E-state index >= 15 is 0 Å². The van der Waals surface area contributed by atoms with Crippen LogP contribution >= 0.6 is 11.6 Å². The summed E-state index contributed by atoms with van der Waals surface area (Å²) in [6, 6.07) is 4.32. The van der Waals surface area contributed by atoms with Crippen molar-refractivity contribution in [2.75, 3.05) is 5.73 Å². The number of rotatable bonds is 4. The highest BCUT2D eigenvalue weighted by Crippen LogP contribution is 2.29. The molecule has 1 aromatic carbocycles. The van der Waals surface area contributed by atoms with E-state index in [2.05, 4.69) is 4.72 Å². The molecule has 3 N–H and O–H groups in total. The molecule has 0 spiro atoms. The zero-order chi connectivity index (χ0) is 14.0. The molecule has 1 fully saturated rings. The van der Waals surface area contributed by atoms with Crippen LogP contribution in [0.25, 0.3) is 0 Å². The molecular formula is C13H19ClN2O2S. The van der Waals surface area contributed by atoms with E-state index in [1.165, 1.54) is 31.0 Å². The van der Waals surface area contributed by atoms with E-state index in [1.54, 1.807) is 0 Å². The maximum atomic E-state index is 12.3. The van der Waals surface area contributed by atoms with Gasteiger partial charge >= 0.3 is 0 Å². The summed E-state index contributed by atoms with van der Waals surface area (Å²) in [5.41, 5.74) is 5.92. The average Bonchev–Trinajstić information content (AvgIpc) is 2.85. The number of nitrogens with one attached hydrogen (secondary N) is 1. The molecule has 1 saturated carbocycles. The maximum Gasteiger partial charge on any atom is 0.240 e. The van der Waals surface area contributed by atoms with Crippen molar-refractivity contribution in [3.05, 3.63) is 23.2 Å². The standard InChI is InChI=1S/C13H19ClN2O2S/c1-9(10-4-2-3-5-10)16-19(17,18)11-6-7-12(14)13(15)8-11/h6-10,16H,2-5,15H2,1H3. The number of nitrogens with two attached hydrogens (primary N) is 1. The molecule has 1 aliphatic rings. The molecule has 0 aliphatic heterocycles. The Kier molecular flexibility index (Phi) is 4.38. The molecule has 0 bridgehead atoms. The van der Waals surface area contributed by atoms with Crippen LogP contribution in [0.15, 0.2) is 23.1 Å². The summed E-state index contributed by atoms with van der Waals surface area (Å²) in [7, 11) is -3.52. The fourth-order valence-electron chi connectivity index (χ4n) is 2.56. The second-order valence-corrected chi connectivity index (χ2v) is 7.26. The molecule has 1 aliphatic carbocycles. The zero-order valence-electron chi connectivity index (χ0n) is 10.9. The number of anilines is 1. The lowest BCUT2D eigenvalue weighted by Crippen LogP contribution is -2.37. The summed E-state index contributed by atoms with van der Waals surface area (Å²) in [6.45, 7) is 1.92. The van der Waals surface area contributed by atoms with E-state index in [1.807, 2.05) is 6.92 Å². The number of benzene rings is 1. The number of halogens is 1. The molecule has 0 saturated heterocycles. The molecular weight excluding hydrogens is 284 g/mol. The van der Waals surface area contributed by atoms with Gasteiger partial charge < -0.3 is 5.73 Å². The fourth-order valence-corrected chi connectivity index (χ4v) is 4.02. The van der Waals surface area contributed by atoms with Crippen LogP contribution in [0.3, 0.4) is 0 Å². The third-order valence-electron chi connectivity index (χ3n) is 3.73. The Morgan fingerprint density at radius 3 is 2.58 bits per heavy atom. The molecule has 0 aromatic heterocycles.